The molecule has 39 heavy (non-hydrogen) atoms. The Bertz CT molecular complexity index is 946. The van der Waals surface area contributed by atoms with Crippen LogP contribution in [0, 0.1) is 11.8 Å². The summed E-state index contributed by atoms with van der Waals surface area (Å²) in [6.45, 7) is 13.2. The summed E-state index contributed by atoms with van der Waals surface area (Å²) < 4.78 is 31.3. The van der Waals surface area contributed by atoms with Gasteiger partial charge in [-0.2, -0.15) is 0 Å². The van der Waals surface area contributed by atoms with Crippen LogP contribution in [0.4, 0.5) is 9.59 Å². The van der Waals surface area contributed by atoms with Crippen molar-refractivity contribution in [2.75, 3.05) is 20.3 Å². The lowest BCUT2D eigenvalue weighted by atomic mass is 10.1. The summed E-state index contributed by atoms with van der Waals surface area (Å²) in [6.07, 6.45) is -1.60. The summed E-state index contributed by atoms with van der Waals surface area (Å²) in [6, 6.07) is 3.73. The van der Waals surface area contributed by atoms with Crippen LogP contribution in [0.2, 0.25) is 0 Å². The van der Waals surface area contributed by atoms with Crippen molar-refractivity contribution in [3.05, 3.63) is 23.8 Å². The van der Waals surface area contributed by atoms with Crippen LogP contribution in [0.1, 0.15) is 66.9 Å². The Kier molecular flexibility index (Phi) is 14.9. The number of ether oxygens (including phenoxy) is 6. The second kappa shape index (κ2) is 17.3. The van der Waals surface area contributed by atoms with Gasteiger partial charge in [0.05, 0.1) is 7.11 Å². The van der Waals surface area contributed by atoms with Gasteiger partial charge in [0, 0.05) is 13.0 Å². The molecule has 0 saturated heterocycles. The van der Waals surface area contributed by atoms with Gasteiger partial charge in [0.15, 0.2) is 11.5 Å². The quantitative estimate of drug-likeness (QED) is 0.138. The first-order valence-electron chi connectivity index (χ1n) is 13.2. The molecule has 11 nitrogen and oxygen atoms in total. The molecule has 0 aromatic heterocycles. The average molecular weight is 554 g/mol. The maximum atomic E-state index is 12.5. The first kappa shape index (κ1) is 33.7. The van der Waals surface area contributed by atoms with Gasteiger partial charge >= 0.3 is 24.2 Å². The van der Waals surface area contributed by atoms with Crippen LogP contribution in [-0.4, -0.2) is 62.8 Å². The molecule has 1 rings (SSSR count). The van der Waals surface area contributed by atoms with Crippen molar-refractivity contribution in [2.45, 2.75) is 86.0 Å². The molecular formula is C28H43NO10. The fourth-order valence-corrected chi connectivity index (χ4v) is 2.94. The topological polar surface area (TPSA) is 136 Å². The monoisotopic (exact) mass is 553 g/mol. The van der Waals surface area contributed by atoms with E-state index in [4.69, 9.17) is 28.4 Å². The van der Waals surface area contributed by atoms with Crippen molar-refractivity contribution in [1.82, 2.24) is 5.32 Å². The van der Waals surface area contributed by atoms with Crippen molar-refractivity contribution < 1.29 is 47.6 Å². The van der Waals surface area contributed by atoms with Crippen LogP contribution in [0.25, 0.3) is 0 Å². The molecule has 0 aliphatic carbocycles. The van der Waals surface area contributed by atoms with E-state index in [1.54, 1.807) is 19.9 Å². The Hall–Kier alpha value is -3.34. The van der Waals surface area contributed by atoms with Gasteiger partial charge in [0.2, 0.25) is 0 Å². The van der Waals surface area contributed by atoms with Crippen LogP contribution in [0.5, 0.6) is 11.5 Å². The van der Waals surface area contributed by atoms with Crippen LogP contribution in [-0.2, 0) is 35.0 Å². The zero-order valence-electron chi connectivity index (χ0n) is 24.2. The number of esters is 2. The summed E-state index contributed by atoms with van der Waals surface area (Å²) in [5, 5.41) is 3.00. The van der Waals surface area contributed by atoms with Gasteiger partial charge in [0.25, 0.3) is 0 Å². The summed E-state index contributed by atoms with van der Waals surface area (Å²) >= 11 is 0. The van der Waals surface area contributed by atoms with E-state index in [2.05, 4.69) is 5.32 Å². The fourth-order valence-electron chi connectivity index (χ4n) is 2.94. The summed E-state index contributed by atoms with van der Waals surface area (Å²) in [5.41, 5.74) is 0.567. The molecule has 0 spiro atoms. The SMILES string of the molecule is CCCC(=O)OCCN[C@@H](Cc1ccc(OC(=O)OC(C)C(C)C)c(OC(=O)OC(C)C(C)C)c1)C(=O)OC. The molecule has 2 unspecified atom stereocenters. The van der Waals surface area contributed by atoms with Gasteiger partial charge in [-0.05, 0) is 56.2 Å². The Morgan fingerprint density at radius 2 is 1.41 bits per heavy atom. The summed E-state index contributed by atoms with van der Waals surface area (Å²) in [7, 11) is 1.26. The molecule has 220 valence electrons. The Morgan fingerprint density at radius 3 is 1.92 bits per heavy atom. The minimum Gasteiger partial charge on any atom is -0.468 e. The number of benzene rings is 1. The van der Waals surface area contributed by atoms with Crippen molar-refractivity contribution in [1.29, 1.82) is 0 Å². The highest BCUT2D eigenvalue weighted by Gasteiger charge is 2.24. The average Bonchev–Trinajstić information content (AvgIpc) is 2.86. The maximum Gasteiger partial charge on any atom is 0.514 e. The van der Waals surface area contributed by atoms with Crippen LogP contribution < -0.4 is 14.8 Å². The van der Waals surface area contributed by atoms with Crippen molar-refractivity contribution in [3.8, 4) is 11.5 Å². The van der Waals surface area contributed by atoms with Gasteiger partial charge in [-0.25, -0.2) is 9.59 Å². The molecule has 0 heterocycles. The number of nitrogens with one attached hydrogen (secondary N) is 1. The molecule has 3 atom stereocenters. The van der Waals surface area contributed by atoms with Crippen molar-refractivity contribution in [3.63, 3.8) is 0 Å². The maximum absolute atomic E-state index is 12.5. The van der Waals surface area contributed by atoms with Crippen LogP contribution in [0.15, 0.2) is 18.2 Å². The first-order chi connectivity index (χ1) is 18.4. The molecule has 1 N–H and O–H groups in total. The molecule has 1 aromatic rings. The van der Waals surface area contributed by atoms with Crippen LogP contribution in [0.3, 0.4) is 0 Å². The lowest BCUT2D eigenvalue weighted by Crippen LogP contribution is -2.41. The van der Waals surface area contributed by atoms with Gasteiger partial charge in [-0.15, -0.1) is 0 Å². The zero-order chi connectivity index (χ0) is 29.5. The number of methoxy groups -OCH3 is 1. The molecule has 0 fully saturated rings. The predicted octanol–water partition coefficient (Wildman–Crippen LogP) is 4.82. The Balaban J connectivity index is 3.09. The first-order valence-corrected chi connectivity index (χ1v) is 13.2. The molecule has 0 amide bonds. The van der Waals surface area contributed by atoms with E-state index in [1.807, 2.05) is 34.6 Å². The third-order valence-electron chi connectivity index (χ3n) is 5.97. The molecule has 0 aliphatic heterocycles. The lowest BCUT2D eigenvalue weighted by molar-refractivity contribution is -0.144. The van der Waals surface area contributed by atoms with E-state index in [0.29, 0.717) is 18.4 Å². The standard InChI is InChI=1S/C28H43NO10/c1-9-10-25(30)35-14-13-29-22(26(31)34-8)15-21-11-12-23(38-27(32)36-19(6)17(2)3)24(16-21)39-28(33)37-20(7)18(4)5/h11-12,16-20,22,29H,9-10,13-15H2,1-8H3/t19?,20?,22-/m0/s1. The van der Waals surface area contributed by atoms with E-state index >= 15 is 0 Å². The van der Waals surface area contributed by atoms with Gasteiger partial charge < -0.3 is 33.7 Å². The molecular weight excluding hydrogens is 510 g/mol. The van der Waals surface area contributed by atoms with E-state index in [-0.39, 0.29) is 48.9 Å². The summed E-state index contributed by atoms with van der Waals surface area (Å²) in [4.78, 5) is 48.7. The molecule has 0 radical (unpaired) electrons. The number of hydrogen-bond acceptors (Lipinski definition) is 11. The number of rotatable bonds is 15. The predicted molar refractivity (Wildman–Crippen MR) is 143 cm³/mol. The highest BCUT2D eigenvalue weighted by Crippen LogP contribution is 2.30. The largest absolute Gasteiger partial charge is 0.514 e. The van der Waals surface area contributed by atoms with Crippen LogP contribution >= 0.6 is 0 Å². The summed E-state index contributed by atoms with van der Waals surface area (Å²) in [5.74, 6) is -0.860. The minimum atomic E-state index is -0.973. The Morgan fingerprint density at radius 1 is 0.846 bits per heavy atom. The highest BCUT2D eigenvalue weighted by molar-refractivity contribution is 5.76. The van der Waals surface area contributed by atoms with Crippen molar-refractivity contribution in [2.24, 2.45) is 11.8 Å². The Labute approximate surface area is 230 Å². The van der Waals surface area contributed by atoms with Gasteiger partial charge in [-0.1, -0.05) is 40.7 Å². The van der Waals surface area contributed by atoms with Crippen molar-refractivity contribution >= 4 is 24.2 Å². The zero-order valence-corrected chi connectivity index (χ0v) is 24.2. The van der Waals surface area contributed by atoms with Gasteiger partial charge in [-0.3, -0.25) is 9.59 Å². The highest BCUT2D eigenvalue weighted by atomic mass is 16.8. The molecule has 0 aliphatic rings. The van der Waals surface area contributed by atoms with E-state index in [1.165, 1.54) is 19.2 Å². The van der Waals surface area contributed by atoms with Gasteiger partial charge in [0.1, 0.15) is 24.9 Å². The van der Waals surface area contributed by atoms with E-state index in [9.17, 15) is 19.2 Å². The molecule has 0 saturated carbocycles. The molecule has 0 bridgehead atoms. The molecule has 11 heteroatoms. The fraction of sp³-hybridized carbons (Fsp3) is 0.643. The second-order valence-corrected chi connectivity index (χ2v) is 9.82. The normalized spacial score (nSPS) is 13.3. The third-order valence-corrected chi connectivity index (χ3v) is 5.97. The number of carbonyl (C=O) groups excluding carboxylic acids is 4. The lowest BCUT2D eigenvalue weighted by Gasteiger charge is -2.20. The second-order valence-electron chi connectivity index (χ2n) is 9.82. The third kappa shape index (κ3) is 12.8. The smallest absolute Gasteiger partial charge is 0.468 e. The number of carbonyl (C=O) groups is 4. The van der Waals surface area contributed by atoms with E-state index < -0.39 is 36.5 Å². The van der Waals surface area contributed by atoms with E-state index in [0.717, 1.165) is 0 Å². The molecule has 1 aromatic carbocycles. The minimum absolute atomic E-state index is 0.0558. The number of hydrogen-bond donors (Lipinski definition) is 1.